The fraction of sp³-hybridized carbons (Fsp3) is 0.769. The van der Waals surface area contributed by atoms with Gasteiger partial charge in [0.05, 0.1) is 6.04 Å². The van der Waals surface area contributed by atoms with Gasteiger partial charge in [-0.2, -0.15) is 0 Å². The molecule has 2 heteroatoms. The van der Waals surface area contributed by atoms with Gasteiger partial charge in [-0.25, -0.2) is 0 Å². The van der Waals surface area contributed by atoms with Crippen molar-refractivity contribution in [2.24, 2.45) is 0 Å². The Kier molecular flexibility index (Phi) is 6.33. The van der Waals surface area contributed by atoms with Crippen LogP contribution in [-0.4, -0.2) is 30.3 Å². The largest absolute Gasteiger partial charge is 0.302 e. The van der Waals surface area contributed by atoms with Crippen LogP contribution in [0.25, 0.3) is 0 Å². The molecule has 0 N–H and O–H groups in total. The molecular formula is C13H23NO. The third-order valence-electron chi connectivity index (χ3n) is 3.17. The number of nitrogens with zero attached hydrogens (tertiary/aromatic N) is 1. The van der Waals surface area contributed by atoms with Gasteiger partial charge >= 0.3 is 0 Å². The highest BCUT2D eigenvalue weighted by atomic mass is 16.1. The van der Waals surface area contributed by atoms with E-state index in [2.05, 4.69) is 11.5 Å². The maximum atomic E-state index is 10.9. The van der Waals surface area contributed by atoms with Gasteiger partial charge in [0.1, 0.15) is 6.29 Å². The van der Waals surface area contributed by atoms with E-state index in [4.69, 9.17) is 0 Å². The molecule has 0 aromatic rings. The molecule has 0 aromatic carbocycles. The highest BCUT2D eigenvalue weighted by Crippen LogP contribution is 2.16. The predicted molar refractivity (Wildman–Crippen MR) is 63.9 cm³/mol. The monoisotopic (exact) mass is 209 g/mol. The predicted octanol–water partition coefficient (Wildman–Crippen LogP) is 2.79. The first-order chi connectivity index (χ1) is 7.38. The normalized spacial score (nSPS) is 22.5. The Labute approximate surface area is 93.3 Å². The molecule has 1 aliphatic rings. The summed E-state index contributed by atoms with van der Waals surface area (Å²) < 4.78 is 0. The summed E-state index contributed by atoms with van der Waals surface area (Å²) in [6.45, 7) is 5.93. The van der Waals surface area contributed by atoms with Gasteiger partial charge in [0.2, 0.25) is 0 Å². The molecule has 0 aliphatic carbocycles. The number of hydrogen-bond donors (Lipinski definition) is 0. The van der Waals surface area contributed by atoms with Gasteiger partial charge in [-0.05, 0) is 45.2 Å². The van der Waals surface area contributed by atoms with Crippen LogP contribution >= 0.6 is 0 Å². The highest BCUT2D eigenvalue weighted by Gasteiger charge is 2.20. The molecule has 0 aromatic heterocycles. The van der Waals surface area contributed by atoms with Crippen LogP contribution < -0.4 is 0 Å². The van der Waals surface area contributed by atoms with Gasteiger partial charge in [0.15, 0.2) is 0 Å². The molecule has 15 heavy (non-hydrogen) atoms. The van der Waals surface area contributed by atoms with Crippen LogP contribution in [0.2, 0.25) is 0 Å². The molecule has 1 heterocycles. The van der Waals surface area contributed by atoms with Gasteiger partial charge < -0.3 is 4.79 Å². The maximum absolute atomic E-state index is 10.9. The number of likely N-dealkylation sites (tertiary alicyclic amines) is 1. The minimum absolute atomic E-state index is 0.207. The van der Waals surface area contributed by atoms with Crippen molar-refractivity contribution in [1.29, 1.82) is 0 Å². The molecule has 1 rings (SSSR count). The lowest BCUT2D eigenvalue weighted by Gasteiger charge is -2.32. The van der Waals surface area contributed by atoms with E-state index in [-0.39, 0.29) is 6.04 Å². The fourth-order valence-corrected chi connectivity index (χ4v) is 2.23. The van der Waals surface area contributed by atoms with Crippen molar-refractivity contribution in [3.8, 4) is 0 Å². The molecule has 0 spiro atoms. The van der Waals surface area contributed by atoms with Gasteiger partial charge in [0.25, 0.3) is 0 Å². The first-order valence-corrected chi connectivity index (χ1v) is 6.18. The van der Waals surface area contributed by atoms with Crippen LogP contribution in [0.4, 0.5) is 0 Å². The molecule has 1 aliphatic heterocycles. The lowest BCUT2D eigenvalue weighted by molar-refractivity contribution is -0.113. The summed E-state index contributed by atoms with van der Waals surface area (Å²) in [7, 11) is 0. The van der Waals surface area contributed by atoms with Crippen molar-refractivity contribution in [2.75, 3.05) is 13.1 Å². The SMILES string of the molecule is C=CCCCCCN1CCCCC1C=O. The molecule has 1 unspecified atom stereocenters. The molecule has 0 saturated carbocycles. The molecule has 0 bridgehead atoms. The van der Waals surface area contributed by atoms with Crippen molar-refractivity contribution in [2.45, 2.75) is 51.0 Å². The van der Waals surface area contributed by atoms with E-state index >= 15 is 0 Å². The average molecular weight is 209 g/mol. The first-order valence-electron chi connectivity index (χ1n) is 6.18. The highest BCUT2D eigenvalue weighted by molar-refractivity contribution is 5.57. The molecule has 1 fully saturated rings. The number of rotatable bonds is 7. The average Bonchev–Trinajstić information content (AvgIpc) is 2.29. The quantitative estimate of drug-likeness (QED) is 0.365. The van der Waals surface area contributed by atoms with E-state index < -0.39 is 0 Å². The Hall–Kier alpha value is -0.630. The lowest BCUT2D eigenvalue weighted by Crippen LogP contribution is -2.40. The Morgan fingerprint density at radius 3 is 2.87 bits per heavy atom. The molecule has 2 nitrogen and oxygen atoms in total. The summed E-state index contributed by atoms with van der Waals surface area (Å²) in [5.74, 6) is 0. The third kappa shape index (κ3) is 4.61. The zero-order valence-electron chi connectivity index (χ0n) is 9.66. The van der Waals surface area contributed by atoms with E-state index in [0.717, 1.165) is 32.2 Å². The molecule has 0 amide bonds. The fourth-order valence-electron chi connectivity index (χ4n) is 2.23. The zero-order valence-corrected chi connectivity index (χ0v) is 9.66. The molecule has 1 atom stereocenters. The summed E-state index contributed by atoms with van der Waals surface area (Å²) in [6.07, 6.45) is 11.5. The molecule has 86 valence electrons. The molecule has 1 saturated heterocycles. The number of carbonyl (C=O) groups is 1. The van der Waals surface area contributed by atoms with Gasteiger partial charge in [-0.15, -0.1) is 6.58 Å². The third-order valence-corrected chi connectivity index (χ3v) is 3.17. The number of aldehydes is 1. The minimum Gasteiger partial charge on any atom is -0.302 e. The van der Waals surface area contributed by atoms with E-state index in [1.54, 1.807) is 0 Å². The van der Waals surface area contributed by atoms with Crippen LogP contribution in [0.1, 0.15) is 44.9 Å². The first kappa shape index (κ1) is 12.4. The number of carbonyl (C=O) groups excluding carboxylic acids is 1. The smallest absolute Gasteiger partial charge is 0.137 e. The number of hydrogen-bond acceptors (Lipinski definition) is 2. The standard InChI is InChI=1S/C13H23NO/c1-2-3-4-5-7-10-14-11-8-6-9-13(14)12-15/h2,12-13H,1,3-11H2. The summed E-state index contributed by atoms with van der Waals surface area (Å²) in [5, 5.41) is 0. The summed E-state index contributed by atoms with van der Waals surface area (Å²) in [6, 6.07) is 0.207. The van der Waals surface area contributed by atoms with Gasteiger partial charge in [-0.1, -0.05) is 18.9 Å². The van der Waals surface area contributed by atoms with E-state index in [1.807, 2.05) is 6.08 Å². The van der Waals surface area contributed by atoms with Gasteiger partial charge in [0, 0.05) is 0 Å². The zero-order chi connectivity index (χ0) is 10.9. The summed E-state index contributed by atoms with van der Waals surface area (Å²) >= 11 is 0. The number of unbranched alkanes of at least 4 members (excludes halogenated alkanes) is 3. The topological polar surface area (TPSA) is 20.3 Å². The maximum Gasteiger partial charge on any atom is 0.137 e. The van der Waals surface area contributed by atoms with E-state index in [9.17, 15) is 4.79 Å². The van der Waals surface area contributed by atoms with Crippen LogP contribution in [0, 0.1) is 0 Å². The van der Waals surface area contributed by atoms with Crippen LogP contribution in [0.5, 0.6) is 0 Å². The van der Waals surface area contributed by atoms with Crippen LogP contribution in [0.15, 0.2) is 12.7 Å². The van der Waals surface area contributed by atoms with Crippen molar-refractivity contribution >= 4 is 6.29 Å². The van der Waals surface area contributed by atoms with Crippen molar-refractivity contribution < 1.29 is 4.79 Å². The van der Waals surface area contributed by atoms with Gasteiger partial charge in [-0.3, -0.25) is 4.90 Å². The molecule has 0 radical (unpaired) electrons. The van der Waals surface area contributed by atoms with Crippen LogP contribution in [-0.2, 0) is 4.79 Å². The Balaban J connectivity index is 2.12. The minimum atomic E-state index is 0.207. The molecular weight excluding hydrogens is 186 g/mol. The van der Waals surface area contributed by atoms with E-state index in [0.29, 0.717) is 0 Å². The second-order valence-electron chi connectivity index (χ2n) is 4.37. The van der Waals surface area contributed by atoms with E-state index in [1.165, 1.54) is 32.1 Å². The number of piperidine rings is 1. The van der Waals surface area contributed by atoms with Crippen molar-refractivity contribution in [3.63, 3.8) is 0 Å². The Morgan fingerprint density at radius 2 is 2.13 bits per heavy atom. The second kappa shape index (κ2) is 7.63. The van der Waals surface area contributed by atoms with Crippen molar-refractivity contribution in [1.82, 2.24) is 4.90 Å². The Morgan fingerprint density at radius 1 is 1.27 bits per heavy atom. The summed E-state index contributed by atoms with van der Waals surface area (Å²) in [5.41, 5.74) is 0. The summed E-state index contributed by atoms with van der Waals surface area (Å²) in [4.78, 5) is 13.2. The second-order valence-corrected chi connectivity index (χ2v) is 4.37. The lowest BCUT2D eigenvalue weighted by atomic mass is 10.0. The Bertz CT molecular complexity index is 191. The van der Waals surface area contributed by atoms with Crippen LogP contribution in [0.3, 0.4) is 0 Å². The van der Waals surface area contributed by atoms with Crippen molar-refractivity contribution in [3.05, 3.63) is 12.7 Å². The number of allylic oxidation sites excluding steroid dienone is 1.